The molecule has 2 N–H and O–H groups in total. The SMILES string of the molecule is CC(C)C(O)CCNC(=O)c1cnc(-c2ccccc2F)s1. The Balaban J connectivity index is 1.97. The minimum absolute atomic E-state index is 0.160. The molecule has 0 aliphatic rings. The van der Waals surface area contributed by atoms with Gasteiger partial charge in [-0.1, -0.05) is 26.0 Å². The number of aliphatic hydroxyl groups is 1. The lowest BCUT2D eigenvalue weighted by Gasteiger charge is -2.14. The maximum Gasteiger partial charge on any atom is 0.263 e. The van der Waals surface area contributed by atoms with Crippen LogP contribution in [0.2, 0.25) is 0 Å². The Morgan fingerprint density at radius 1 is 1.41 bits per heavy atom. The largest absolute Gasteiger partial charge is 0.393 e. The molecule has 1 atom stereocenters. The predicted octanol–water partition coefficient (Wildman–Crippen LogP) is 3.09. The summed E-state index contributed by atoms with van der Waals surface area (Å²) in [6.45, 7) is 4.25. The summed E-state index contributed by atoms with van der Waals surface area (Å²) in [4.78, 5) is 16.5. The zero-order valence-electron chi connectivity index (χ0n) is 12.5. The monoisotopic (exact) mass is 322 g/mol. The number of amides is 1. The van der Waals surface area contributed by atoms with E-state index in [9.17, 15) is 14.3 Å². The van der Waals surface area contributed by atoms with Crippen LogP contribution in [0.25, 0.3) is 10.6 Å². The number of nitrogens with zero attached hydrogens (tertiary/aromatic N) is 1. The number of thiazole rings is 1. The fourth-order valence-electron chi connectivity index (χ4n) is 1.89. The molecule has 118 valence electrons. The highest BCUT2D eigenvalue weighted by molar-refractivity contribution is 7.16. The van der Waals surface area contributed by atoms with Crippen LogP contribution in [0, 0.1) is 11.7 Å². The second-order valence-electron chi connectivity index (χ2n) is 5.37. The molecule has 22 heavy (non-hydrogen) atoms. The topological polar surface area (TPSA) is 62.2 Å². The number of aliphatic hydroxyl groups excluding tert-OH is 1. The predicted molar refractivity (Wildman–Crippen MR) is 85.3 cm³/mol. The average molecular weight is 322 g/mol. The van der Waals surface area contributed by atoms with Crippen molar-refractivity contribution in [2.24, 2.45) is 5.92 Å². The minimum atomic E-state index is -0.435. The summed E-state index contributed by atoms with van der Waals surface area (Å²) in [6, 6.07) is 6.34. The van der Waals surface area contributed by atoms with Gasteiger partial charge in [0.25, 0.3) is 5.91 Å². The van der Waals surface area contributed by atoms with Crippen LogP contribution in [0.1, 0.15) is 29.9 Å². The molecule has 2 aromatic rings. The van der Waals surface area contributed by atoms with Crippen molar-refractivity contribution >= 4 is 17.2 Å². The van der Waals surface area contributed by atoms with Gasteiger partial charge in [-0.3, -0.25) is 4.79 Å². The molecular weight excluding hydrogens is 303 g/mol. The molecule has 4 nitrogen and oxygen atoms in total. The van der Waals surface area contributed by atoms with Crippen molar-refractivity contribution in [2.75, 3.05) is 6.54 Å². The molecule has 2 rings (SSSR count). The number of carbonyl (C=O) groups excluding carboxylic acids is 1. The van der Waals surface area contributed by atoms with Crippen LogP contribution in [0.3, 0.4) is 0 Å². The van der Waals surface area contributed by atoms with E-state index < -0.39 is 6.10 Å². The minimum Gasteiger partial charge on any atom is -0.393 e. The third-order valence-corrected chi connectivity index (χ3v) is 4.36. The van der Waals surface area contributed by atoms with E-state index >= 15 is 0 Å². The second kappa shape index (κ2) is 7.47. The van der Waals surface area contributed by atoms with Crippen molar-refractivity contribution in [1.29, 1.82) is 0 Å². The summed E-state index contributed by atoms with van der Waals surface area (Å²) in [5.74, 6) is -0.451. The molecule has 0 spiro atoms. The van der Waals surface area contributed by atoms with Gasteiger partial charge in [0.2, 0.25) is 0 Å². The fourth-order valence-corrected chi connectivity index (χ4v) is 2.75. The van der Waals surface area contributed by atoms with Crippen LogP contribution in [0.4, 0.5) is 4.39 Å². The summed E-state index contributed by atoms with van der Waals surface area (Å²) in [6.07, 6.45) is 1.51. The lowest BCUT2D eigenvalue weighted by Crippen LogP contribution is -2.28. The number of aromatic nitrogens is 1. The van der Waals surface area contributed by atoms with Gasteiger partial charge in [0.1, 0.15) is 15.7 Å². The van der Waals surface area contributed by atoms with Crippen molar-refractivity contribution < 1.29 is 14.3 Å². The normalized spacial score (nSPS) is 12.4. The number of carbonyl (C=O) groups is 1. The van der Waals surface area contributed by atoms with Gasteiger partial charge in [-0.25, -0.2) is 9.37 Å². The Morgan fingerprint density at radius 2 is 2.14 bits per heavy atom. The molecule has 0 bridgehead atoms. The van der Waals surface area contributed by atoms with Gasteiger partial charge in [0.15, 0.2) is 0 Å². The third kappa shape index (κ3) is 4.11. The van der Waals surface area contributed by atoms with Crippen molar-refractivity contribution in [2.45, 2.75) is 26.4 Å². The van der Waals surface area contributed by atoms with Crippen molar-refractivity contribution in [3.05, 3.63) is 41.2 Å². The second-order valence-corrected chi connectivity index (χ2v) is 6.40. The molecule has 1 aromatic heterocycles. The quantitative estimate of drug-likeness (QED) is 0.859. The van der Waals surface area contributed by atoms with E-state index in [0.717, 1.165) is 11.3 Å². The number of nitrogens with one attached hydrogen (secondary N) is 1. The van der Waals surface area contributed by atoms with E-state index in [1.165, 1.54) is 12.3 Å². The van der Waals surface area contributed by atoms with E-state index in [4.69, 9.17) is 0 Å². The molecule has 0 radical (unpaired) electrons. The summed E-state index contributed by atoms with van der Waals surface area (Å²) in [5.41, 5.74) is 0.391. The van der Waals surface area contributed by atoms with Crippen LogP contribution in [0.15, 0.2) is 30.5 Å². The van der Waals surface area contributed by atoms with Crippen LogP contribution in [-0.4, -0.2) is 28.6 Å². The Labute approximate surface area is 133 Å². The highest BCUT2D eigenvalue weighted by Crippen LogP contribution is 2.27. The first-order valence-electron chi connectivity index (χ1n) is 7.16. The number of benzene rings is 1. The van der Waals surface area contributed by atoms with Crippen molar-refractivity contribution in [1.82, 2.24) is 10.3 Å². The van der Waals surface area contributed by atoms with Gasteiger partial charge < -0.3 is 10.4 Å². The zero-order chi connectivity index (χ0) is 16.1. The smallest absolute Gasteiger partial charge is 0.263 e. The third-order valence-electron chi connectivity index (χ3n) is 3.33. The van der Waals surface area contributed by atoms with E-state index in [0.29, 0.717) is 28.4 Å². The summed E-state index contributed by atoms with van der Waals surface area (Å²) >= 11 is 1.15. The molecule has 1 amide bonds. The maximum atomic E-state index is 13.7. The van der Waals surface area contributed by atoms with Crippen LogP contribution in [0.5, 0.6) is 0 Å². The maximum absolute atomic E-state index is 13.7. The number of hydrogen-bond acceptors (Lipinski definition) is 4. The molecular formula is C16H19FN2O2S. The molecule has 0 fully saturated rings. The van der Waals surface area contributed by atoms with E-state index in [1.807, 2.05) is 13.8 Å². The summed E-state index contributed by atoms with van der Waals surface area (Å²) in [7, 11) is 0. The number of hydrogen-bond donors (Lipinski definition) is 2. The molecule has 6 heteroatoms. The lowest BCUT2D eigenvalue weighted by atomic mass is 10.0. The molecule has 0 saturated heterocycles. The molecule has 1 aromatic carbocycles. The Kier molecular flexibility index (Phi) is 5.63. The van der Waals surface area contributed by atoms with Crippen molar-refractivity contribution in [3.8, 4) is 10.6 Å². The molecule has 1 unspecified atom stereocenters. The Hall–Kier alpha value is -1.79. The van der Waals surface area contributed by atoms with Crippen molar-refractivity contribution in [3.63, 3.8) is 0 Å². The molecule has 1 heterocycles. The Morgan fingerprint density at radius 3 is 2.82 bits per heavy atom. The highest BCUT2D eigenvalue weighted by Gasteiger charge is 2.14. The van der Waals surface area contributed by atoms with E-state index in [-0.39, 0.29) is 17.6 Å². The average Bonchev–Trinajstić information content (AvgIpc) is 2.97. The summed E-state index contributed by atoms with van der Waals surface area (Å²) < 4.78 is 13.7. The molecule has 0 aliphatic heterocycles. The lowest BCUT2D eigenvalue weighted by molar-refractivity contribution is 0.0923. The first-order valence-corrected chi connectivity index (χ1v) is 7.97. The standard InChI is InChI=1S/C16H19FN2O2S/c1-10(2)13(20)7-8-18-15(21)14-9-19-16(22-14)11-5-3-4-6-12(11)17/h3-6,9-10,13,20H,7-8H2,1-2H3,(H,18,21). The van der Waals surface area contributed by atoms with Gasteiger partial charge >= 0.3 is 0 Å². The first kappa shape index (κ1) is 16.6. The van der Waals surface area contributed by atoms with E-state index in [1.54, 1.807) is 18.2 Å². The fraction of sp³-hybridized carbons (Fsp3) is 0.375. The van der Waals surface area contributed by atoms with Crippen LogP contribution >= 0.6 is 11.3 Å². The zero-order valence-corrected chi connectivity index (χ0v) is 13.4. The van der Waals surface area contributed by atoms with Gasteiger partial charge in [0.05, 0.1) is 12.3 Å². The first-order chi connectivity index (χ1) is 10.5. The molecule has 0 saturated carbocycles. The Bertz CT molecular complexity index is 643. The van der Waals surface area contributed by atoms with Crippen LogP contribution < -0.4 is 5.32 Å². The number of rotatable bonds is 6. The number of halogens is 1. The van der Waals surface area contributed by atoms with Gasteiger partial charge in [-0.2, -0.15) is 0 Å². The highest BCUT2D eigenvalue weighted by atomic mass is 32.1. The summed E-state index contributed by atoms with van der Waals surface area (Å²) in [5, 5.41) is 12.9. The van der Waals surface area contributed by atoms with Gasteiger partial charge in [-0.15, -0.1) is 11.3 Å². The molecule has 0 aliphatic carbocycles. The van der Waals surface area contributed by atoms with Gasteiger partial charge in [0, 0.05) is 12.1 Å². The van der Waals surface area contributed by atoms with Crippen LogP contribution in [-0.2, 0) is 0 Å². The van der Waals surface area contributed by atoms with Gasteiger partial charge in [-0.05, 0) is 24.5 Å². The van der Waals surface area contributed by atoms with E-state index in [2.05, 4.69) is 10.3 Å².